The van der Waals surface area contributed by atoms with E-state index in [1.165, 1.54) is 5.56 Å². The Morgan fingerprint density at radius 3 is 2.82 bits per heavy atom. The second-order valence-electron chi connectivity index (χ2n) is 10.4. The van der Waals surface area contributed by atoms with Gasteiger partial charge in [-0.3, -0.25) is 4.90 Å². The van der Waals surface area contributed by atoms with Crippen LogP contribution in [0.25, 0.3) is 10.9 Å². The number of ether oxygens (including phenoxy) is 2. The molecule has 3 aromatic rings. The highest BCUT2D eigenvalue weighted by Crippen LogP contribution is 2.79. The van der Waals surface area contributed by atoms with Gasteiger partial charge in [-0.15, -0.1) is 0 Å². The number of likely N-dealkylation sites (tertiary alicyclic amines) is 1. The quantitative estimate of drug-likeness (QED) is 0.397. The lowest BCUT2D eigenvalue weighted by Gasteiger charge is -2.50. The molecule has 3 aliphatic carbocycles. The van der Waals surface area contributed by atoms with Gasteiger partial charge in [0.05, 0.1) is 29.9 Å². The molecule has 2 aliphatic heterocycles. The number of para-hydroxylation sites is 1. The summed E-state index contributed by atoms with van der Waals surface area (Å²) in [6.45, 7) is 0.297. The Bertz CT molecular complexity index is 1400. The minimum absolute atomic E-state index is 0.0992. The van der Waals surface area contributed by atoms with Gasteiger partial charge in [0.1, 0.15) is 0 Å². The molecule has 1 saturated carbocycles. The van der Waals surface area contributed by atoms with Crippen LogP contribution in [0.2, 0.25) is 0 Å². The van der Waals surface area contributed by atoms with Gasteiger partial charge in [0, 0.05) is 35.0 Å². The summed E-state index contributed by atoms with van der Waals surface area (Å²) in [5.74, 6) is 1.49. The molecule has 0 amide bonds. The number of aromatic nitrogens is 1. The zero-order valence-electron chi connectivity index (χ0n) is 17.8. The number of nitrogens with one attached hydrogen (secondary N) is 1. The van der Waals surface area contributed by atoms with Gasteiger partial charge in [0.15, 0.2) is 17.6 Å². The summed E-state index contributed by atoms with van der Waals surface area (Å²) < 4.78 is 11.1. The van der Waals surface area contributed by atoms with Crippen LogP contribution in [0.1, 0.15) is 34.9 Å². The summed E-state index contributed by atoms with van der Waals surface area (Å²) in [6.07, 6.45) is 1.79. The molecule has 8 heteroatoms. The first-order chi connectivity index (χ1) is 15.7. The lowest BCUT2D eigenvalue weighted by molar-refractivity contribution is -0.0882. The summed E-state index contributed by atoms with van der Waals surface area (Å²) in [5, 5.41) is 13.9. The van der Waals surface area contributed by atoms with Crippen molar-refractivity contribution in [3.05, 3.63) is 58.8 Å². The number of piperidine rings is 1. The number of halogens is 3. The van der Waals surface area contributed by atoms with E-state index in [1.54, 1.807) is 7.11 Å². The van der Waals surface area contributed by atoms with Crippen molar-refractivity contribution in [2.45, 2.75) is 51.8 Å². The summed E-state index contributed by atoms with van der Waals surface area (Å²) >= 11 is 18.8. The molecule has 2 fully saturated rings. The third-order valence-electron chi connectivity index (χ3n) is 9.09. The Hall–Kier alpha value is -1.63. The summed E-state index contributed by atoms with van der Waals surface area (Å²) in [7, 11) is 1.67. The van der Waals surface area contributed by atoms with Crippen LogP contribution < -0.4 is 9.47 Å². The highest BCUT2D eigenvalue weighted by molar-refractivity contribution is 6.67. The first-order valence-corrected chi connectivity index (χ1v) is 12.4. The molecule has 1 saturated heterocycles. The van der Waals surface area contributed by atoms with Gasteiger partial charge in [0.2, 0.25) is 3.79 Å². The number of alkyl halides is 3. The van der Waals surface area contributed by atoms with Crippen LogP contribution in [0.5, 0.6) is 11.5 Å². The largest absolute Gasteiger partial charge is 0.493 e. The lowest BCUT2D eigenvalue weighted by atomic mass is 9.57. The standard InChI is InChI=1S/C25H21Cl3N2O3/c1-32-16-7-6-12-8-22-10-23-17(12)19(16)33-20(23)18-14(13-4-2-3-5-15(13)29-18)9-24(23,31)21(22)30(22)11-25(26,27)28/h2-7,20-21,29,31H,8-11H2,1H3/t20-,21+,22+,23-,24+,30?/m0/s1. The molecule has 5 aliphatic rings. The van der Waals surface area contributed by atoms with Gasteiger partial charge in [0.25, 0.3) is 0 Å². The first-order valence-electron chi connectivity index (χ1n) is 11.3. The van der Waals surface area contributed by atoms with Crippen molar-refractivity contribution in [1.82, 2.24) is 9.88 Å². The molecule has 2 bridgehead atoms. The molecule has 1 aromatic heterocycles. The molecule has 1 unspecified atom stereocenters. The van der Waals surface area contributed by atoms with E-state index >= 15 is 0 Å². The molecule has 5 nitrogen and oxygen atoms in total. The van der Waals surface area contributed by atoms with E-state index in [1.807, 2.05) is 18.2 Å². The third kappa shape index (κ3) is 2.01. The van der Waals surface area contributed by atoms with E-state index < -0.39 is 14.8 Å². The van der Waals surface area contributed by atoms with Crippen molar-refractivity contribution < 1.29 is 14.6 Å². The van der Waals surface area contributed by atoms with Crippen LogP contribution in [-0.2, 0) is 18.3 Å². The van der Waals surface area contributed by atoms with Gasteiger partial charge >= 0.3 is 0 Å². The highest BCUT2D eigenvalue weighted by Gasteiger charge is 2.88. The number of fused-ring (bicyclic) bond motifs is 5. The molecular formula is C25H21Cl3N2O3. The maximum atomic E-state index is 12.8. The molecule has 2 spiro atoms. The van der Waals surface area contributed by atoms with Crippen LogP contribution >= 0.6 is 34.8 Å². The molecule has 2 N–H and O–H groups in total. The Morgan fingerprint density at radius 2 is 2.03 bits per heavy atom. The summed E-state index contributed by atoms with van der Waals surface area (Å²) in [4.78, 5) is 5.87. The Balaban J connectivity index is 1.42. The average Bonchev–Trinajstić information content (AvgIpc) is 3.05. The fraction of sp³-hybridized carbons (Fsp3) is 0.440. The van der Waals surface area contributed by atoms with Crippen LogP contribution in [0.15, 0.2) is 36.4 Å². The fourth-order valence-electron chi connectivity index (χ4n) is 8.21. The smallest absolute Gasteiger partial charge is 0.203 e. The van der Waals surface area contributed by atoms with Crippen LogP contribution in [0, 0.1) is 0 Å². The van der Waals surface area contributed by atoms with E-state index in [0.717, 1.165) is 46.3 Å². The zero-order valence-corrected chi connectivity index (χ0v) is 20.1. The van der Waals surface area contributed by atoms with E-state index in [4.69, 9.17) is 44.3 Å². The maximum absolute atomic E-state index is 12.8. The minimum Gasteiger partial charge on any atom is -0.493 e. The van der Waals surface area contributed by atoms with Crippen molar-refractivity contribution in [2.75, 3.05) is 13.7 Å². The number of aromatic amines is 1. The first kappa shape index (κ1) is 19.7. The van der Waals surface area contributed by atoms with Crippen molar-refractivity contribution in [3.8, 4) is 11.5 Å². The number of hydrogen-bond donors (Lipinski definition) is 2. The number of methoxy groups -OCH3 is 1. The number of hydrogen-bond acceptors (Lipinski definition) is 4. The van der Waals surface area contributed by atoms with Crippen molar-refractivity contribution in [2.24, 2.45) is 0 Å². The Morgan fingerprint density at radius 1 is 1.21 bits per heavy atom. The van der Waals surface area contributed by atoms with Crippen molar-refractivity contribution in [1.29, 1.82) is 0 Å². The highest BCUT2D eigenvalue weighted by atomic mass is 35.6. The molecular weight excluding hydrogens is 483 g/mol. The molecule has 6 atom stereocenters. The van der Waals surface area contributed by atoms with Gasteiger partial charge in [-0.05, 0) is 36.1 Å². The van der Waals surface area contributed by atoms with Crippen molar-refractivity contribution in [3.63, 3.8) is 0 Å². The number of H-pyrrole nitrogens is 1. The van der Waals surface area contributed by atoms with Gasteiger partial charge < -0.3 is 19.6 Å². The van der Waals surface area contributed by atoms with Crippen LogP contribution in [0.3, 0.4) is 0 Å². The molecule has 0 radical (unpaired) electrons. The second kappa shape index (κ2) is 5.60. The molecule has 8 rings (SSSR count). The fourth-order valence-corrected chi connectivity index (χ4v) is 8.59. The number of rotatable bonds is 2. The predicted molar refractivity (Wildman–Crippen MR) is 127 cm³/mol. The van der Waals surface area contributed by atoms with Gasteiger partial charge in [-0.25, -0.2) is 0 Å². The van der Waals surface area contributed by atoms with E-state index in [-0.39, 0.29) is 17.7 Å². The predicted octanol–water partition coefficient (Wildman–Crippen LogP) is 4.59. The molecule has 33 heavy (non-hydrogen) atoms. The topological polar surface area (TPSA) is 57.5 Å². The molecule has 170 valence electrons. The van der Waals surface area contributed by atoms with Crippen molar-refractivity contribution >= 4 is 45.7 Å². The number of aliphatic hydroxyl groups is 1. The van der Waals surface area contributed by atoms with E-state index in [0.29, 0.717) is 18.7 Å². The average molecular weight is 504 g/mol. The minimum atomic E-state index is -1.40. The maximum Gasteiger partial charge on any atom is 0.203 e. The van der Waals surface area contributed by atoms with Gasteiger partial charge in [-0.2, -0.15) is 0 Å². The summed E-state index contributed by atoms with van der Waals surface area (Å²) in [6, 6.07) is 12.3. The SMILES string of the molecule is COc1ccc2c3c1O[C@H]1c4[nH]c5ccccc5c4C[C@@]4(O)[C@@H]5N(CC(Cl)(Cl)Cl)[C@]5(C2)C[C@]314. The molecule has 3 heterocycles. The third-order valence-corrected chi connectivity index (χ3v) is 9.45. The molecule has 2 aromatic carbocycles. The lowest BCUT2D eigenvalue weighted by Crippen LogP contribution is -2.61. The van der Waals surface area contributed by atoms with Crippen LogP contribution in [-0.4, -0.2) is 49.6 Å². The van der Waals surface area contributed by atoms with Gasteiger partial charge in [-0.1, -0.05) is 59.1 Å². The van der Waals surface area contributed by atoms with E-state index in [9.17, 15) is 5.11 Å². The number of nitrogens with zero attached hydrogens (tertiary/aromatic N) is 1. The van der Waals surface area contributed by atoms with E-state index in [2.05, 4.69) is 28.1 Å². The second-order valence-corrected chi connectivity index (χ2v) is 12.9. The monoisotopic (exact) mass is 502 g/mol. The number of benzene rings is 2. The Kier molecular flexibility index (Phi) is 3.34. The Labute approximate surface area is 205 Å². The zero-order chi connectivity index (χ0) is 22.5. The summed E-state index contributed by atoms with van der Waals surface area (Å²) in [5.41, 5.74) is 3.73. The normalized spacial score (nSPS) is 38.5. The van der Waals surface area contributed by atoms with Crippen LogP contribution in [0.4, 0.5) is 0 Å².